The number of rotatable bonds is 9. The number of benzene rings is 2. The summed E-state index contributed by atoms with van der Waals surface area (Å²) >= 11 is 0. The van der Waals surface area contributed by atoms with Crippen LogP contribution in [0, 0.1) is 5.92 Å². The first-order valence-corrected chi connectivity index (χ1v) is 11.6. The second-order valence-electron chi connectivity index (χ2n) is 8.79. The van der Waals surface area contributed by atoms with Crippen molar-refractivity contribution in [2.75, 3.05) is 20.1 Å². The van der Waals surface area contributed by atoms with Crippen molar-refractivity contribution in [2.24, 2.45) is 16.6 Å². The molecular weight excluding hydrogens is 525 g/mol. The first-order chi connectivity index (χ1) is 15.5. The van der Waals surface area contributed by atoms with E-state index < -0.39 is 0 Å². The number of primary amides is 1. The molecule has 180 valence electrons. The van der Waals surface area contributed by atoms with Crippen LogP contribution in [0.5, 0.6) is 0 Å². The third-order valence-electron chi connectivity index (χ3n) is 6.08. The highest BCUT2D eigenvalue weighted by molar-refractivity contribution is 14.0. The minimum absolute atomic E-state index is 0. The Kier molecular flexibility index (Phi) is 11.7. The van der Waals surface area contributed by atoms with E-state index >= 15 is 0 Å². The van der Waals surface area contributed by atoms with E-state index in [0.717, 1.165) is 51.3 Å². The van der Waals surface area contributed by atoms with Crippen LogP contribution < -0.4 is 16.4 Å². The zero-order valence-corrected chi connectivity index (χ0v) is 22.1. The van der Waals surface area contributed by atoms with Crippen LogP contribution in [0.4, 0.5) is 0 Å². The normalized spacial score (nSPS) is 17.6. The maximum Gasteiger partial charge on any atom is 0.221 e. The van der Waals surface area contributed by atoms with Crippen LogP contribution in [0.2, 0.25) is 0 Å². The molecule has 0 radical (unpaired) electrons. The van der Waals surface area contributed by atoms with Gasteiger partial charge >= 0.3 is 0 Å². The molecule has 1 amide bonds. The van der Waals surface area contributed by atoms with Crippen LogP contribution in [0.15, 0.2) is 59.6 Å². The zero-order valence-electron chi connectivity index (χ0n) is 19.8. The number of halogens is 1. The van der Waals surface area contributed by atoms with E-state index in [9.17, 15) is 4.79 Å². The third-order valence-corrected chi connectivity index (χ3v) is 6.08. The van der Waals surface area contributed by atoms with E-state index in [1.165, 1.54) is 16.7 Å². The van der Waals surface area contributed by atoms with Gasteiger partial charge in [0.15, 0.2) is 5.96 Å². The largest absolute Gasteiger partial charge is 0.369 e. The second kappa shape index (κ2) is 14.2. The molecule has 1 aliphatic heterocycles. The van der Waals surface area contributed by atoms with Gasteiger partial charge in [0.1, 0.15) is 0 Å². The minimum Gasteiger partial charge on any atom is -0.369 e. The van der Waals surface area contributed by atoms with Crippen molar-refractivity contribution in [2.45, 2.75) is 51.7 Å². The number of hydrogen-bond donors (Lipinski definition) is 3. The Bertz CT molecular complexity index is 889. The lowest BCUT2D eigenvalue weighted by Crippen LogP contribution is -2.42. The number of amides is 1. The van der Waals surface area contributed by atoms with Crippen LogP contribution >= 0.6 is 24.0 Å². The van der Waals surface area contributed by atoms with Crippen molar-refractivity contribution in [3.63, 3.8) is 0 Å². The SMILES string of the molecule is CN=C(NCc1cccc(CN2CCCC(C(N)=O)C2)c1)NC(C)CCc1ccccc1.I. The topological polar surface area (TPSA) is 82.8 Å². The first-order valence-electron chi connectivity index (χ1n) is 11.6. The molecule has 0 aliphatic carbocycles. The van der Waals surface area contributed by atoms with E-state index in [1.807, 2.05) is 0 Å². The van der Waals surface area contributed by atoms with Gasteiger partial charge in [-0.15, -0.1) is 24.0 Å². The summed E-state index contributed by atoms with van der Waals surface area (Å²) in [6.07, 6.45) is 4.02. The monoisotopic (exact) mass is 563 g/mol. The predicted octanol–water partition coefficient (Wildman–Crippen LogP) is 3.69. The fourth-order valence-electron chi connectivity index (χ4n) is 4.24. The number of hydrogen-bond acceptors (Lipinski definition) is 3. The Morgan fingerprint density at radius 1 is 1.15 bits per heavy atom. The number of nitrogens with zero attached hydrogens (tertiary/aromatic N) is 2. The Balaban J connectivity index is 0.00000385. The molecule has 2 atom stereocenters. The molecule has 0 spiro atoms. The molecule has 33 heavy (non-hydrogen) atoms. The van der Waals surface area contributed by atoms with Gasteiger partial charge in [-0.1, -0.05) is 54.6 Å². The molecule has 0 aromatic heterocycles. The van der Waals surface area contributed by atoms with E-state index in [2.05, 4.69) is 82.0 Å². The van der Waals surface area contributed by atoms with Crippen molar-refractivity contribution in [3.8, 4) is 0 Å². The number of guanidine groups is 1. The van der Waals surface area contributed by atoms with Gasteiger partial charge in [-0.05, 0) is 55.8 Å². The number of nitrogens with one attached hydrogen (secondary N) is 2. The number of aliphatic imine (C=N–C) groups is 1. The smallest absolute Gasteiger partial charge is 0.221 e. The average Bonchev–Trinajstić information content (AvgIpc) is 2.81. The molecule has 0 saturated carbocycles. The molecule has 1 fully saturated rings. The summed E-state index contributed by atoms with van der Waals surface area (Å²) in [7, 11) is 1.81. The molecular formula is C26H38IN5O. The van der Waals surface area contributed by atoms with E-state index in [1.54, 1.807) is 7.05 Å². The van der Waals surface area contributed by atoms with Gasteiger partial charge in [-0.2, -0.15) is 0 Å². The van der Waals surface area contributed by atoms with Gasteiger partial charge < -0.3 is 16.4 Å². The van der Waals surface area contributed by atoms with Gasteiger partial charge in [-0.25, -0.2) is 0 Å². The maximum atomic E-state index is 11.5. The summed E-state index contributed by atoms with van der Waals surface area (Å²) in [5.74, 6) is 0.618. The Morgan fingerprint density at radius 2 is 1.88 bits per heavy atom. The fourth-order valence-corrected chi connectivity index (χ4v) is 4.24. The molecule has 4 N–H and O–H groups in total. The Morgan fingerprint density at radius 3 is 2.61 bits per heavy atom. The highest BCUT2D eigenvalue weighted by atomic mass is 127. The first kappa shape index (κ1) is 27.1. The van der Waals surface area contributed by atoms with Crippen molar-refractivity contribution in [1.82, 2.24) is 15.5 Å². The molecule has 2 aromatic rings. The van der Waals surface area contributed by atoms with Crippen molar-refractivity contribution in [3.05, 3.63) is 71.3 Å². The predicted molar refractivity (Wildman–Crippen MR) is 147 cm³/mol. The zero-order chi connectivity index (χ0) is 22.8. The summed E-state index contributed by atoms with van der Waals surface area (Å²) < 4.78 is 0. The minimum atomic E-state index is -0.176. The maximum absolute atomic E-state index is 11.5. The Hall–Kier alpha value is -2.13. The third kappa shape index (κ3) is 9.33. The lowest BCUT2D eigenvalue weighted by molar-refractivity contribution is -0.123. The van der Waals surface area contributed by atoms with Crippen LogP contribution in [0.25, 0.3) is 0 Å². The van der Waals surface area contributed by atoms with Crippen molar-refractivity contribution in [1.29, 1.82) is 0 Å². The van der Waals surface area contributed by atoms with Crippen LogP contribution in [-0.2, 0) is 24.3 Å². The van der Waals surface area contributed by atoms with Crippen LogP contribution in [0.1, 0.15) is 42.9 Å². The van der Waals surface area contributed by atoms with Gasteiger partial charge in [0, 0.05) is 32.7 Å². The molecule has 2 unspecified atom stereocenters. The second-order valence-corrected chi connectivity index (χ2v) is 8.79. The molecule has 0 bridgehead atoms. The number of aryl methyl sites for hydroxylation is 1. The molecule has 1 aliphatic rings. The van der Waals surface area contributed by atoms with E-state index in [4.69, 9.17) is 5.73 Å². The molecule has 1 saturated heterocycles. The summed E-state index contributed by atoms with van der Waals surface area (Å²) in [6.45, 7) is 5.53. The fraction of sp³-hybridized carbons (Fsp3) is 0.462. The molecule has 7 heteroatoms. The average molecular weight is 564 g/mol. The van der Waals surface area contributed by atoms with E-state index in [-0.39, 0.29) is 35.8 Å². The van der Waals surface area contributed by atoms with Crippen LogP contribution in [-0.4, -0.2) is 42.9 Å². The highest BCUT2D eigenvalue weighted by Crippen LogP contribution is 2.18. The quantitative estimate of drug-likeness (QED) is 0.247. The standard InChI is InChI=1S/C26H37N5O.HI/c1-20(13-14-21-8-4-3-5-9-21)30-26(28-2)29-17-22-10-6-11-23(16-22)18-31-15-7-12-24(19-31)25(27)32;/h3-6,8-11,16,20,24H,7,12-15,17-19H2,1-2H3,(H2,27,32)(H2,28,29,30);1H. The van der Waals surface area contributed by atoms with Crippen molar-refractivity contribution < 1.29 is 4.79 Å². The number of nitrogens with two attached hydrogens (primary N) is 1. The van der Waals surface area contributed by atoms with E-state index in [0.29, 0.717) is 12.6 Å². The highest BCUT2D eigenvalue weighted by Gasteiger charge is 2.23. The molecule has 3 rings (SSSR count). The lowest BCUT2D eigenvalue weighted by atomic mass is 9.97. The summed E-state index contributed by atoms with van der Waals surface area (Å²) in [5.41, 5.74) is 9.35. The Labute approximate surface area is 215 Å². The number of piperidine rings is 1. The van der Waals surface area contributed by atoms with Crippen molar-refractivity contribution >= 4 is 35.8 Å². The lowest BCUT2D eigenvalue weighted by Gasteiger charge is -2.31. The number of likely N-dealkylation sites (tertiary alicyclic amines) is 1. The molecule has 6 nitrogen and oxygen atoms in total. The van der Waals surface area contributed by atoms with Gasteiger partial charge in [0.25, 0.3) is 0 Å². The summed E-state index contributed by atoms with van der Waals surface area (Å²) in [6, 6.07) is 19.5. The van der Waals surface area contributed by atoms with Gasteiger partial charge in [0.05, 0.1) is 5.92 Å². The van der Waals surface area contributed by atoms with Gasteiger partial charge in [0.2, 0.25) is 5.91 Å². The molecule has 2 aromatic carbocycles. The number of carbonyl (C=O) groups is 1. The summed E-state index contributed by atoms with van der Waals surface area (Å²) in [5, 5.41) is 6.92. The molecule has 1 heterocycles. The number of carbonyl (C=O) groups excluding carboxylic acids is 1. The van der Waals surface area contributed by atoms with Gasteiger partial charge in [-0.3, -0.25) is 14.7 Å². The summed E-state index contributed by atoms with van der Waals surface area (Å²) in [4.78, 5) is 18.3. The van der Waals surface area contributed by atoms with Crippen LogP contribution in [0.3, 0.4) is 0 Å².